The number of benzene rings is 2. The lowest BCUT2D eigenvalue weighted by Crippen LogP contribution is -2.31. The van der Waals surface area contributed by atoms with Crippen molar-refractivity contribution in [1.82, 2.24) is 5.32 Å². The first kappa shape index (κ1) is 18.7. The van der Waals surface area contributed by atoms with Crippen LogP contribution in [0.2, 0.25) is 0 Å². The third kappa shape index (κ3) is 4.39. The highest BCUT2D eigenvalue weighted by atomic mass is 32.2. The lowest BCUT2D eigenvalue weighted by atomic mass is 9.94. The summed E-state index contributed by atoms with van der Waals surface area (Å²) < 4.78 is 5.34. The fourth-order valence-electron chi connectivity index (χ4n) is 2.83. The molecule has 0 aliphatic carbocycles. The van der Waals surface area contributed by atoms with Crippen LogP contribution < -0.4 is 5.32 Å². The molecule has 0 unspecified atom stereocenters. The molecule has 1 aliphatic heterocycles. The van der Waals surface area contributed by atoms with Gasteiger partial charge in [0.2, 0.25) is 0 Å². The molecule has 1 heterocycles. The molecule has 5 nitrogen and oxygen atoms in total. The Hall–Kier alpha value is -3.04. The van der Waals surface area contributed by atoms with Crippen LogP contribution in [0.25, 0.3) is 5.70 Å². The number of esters is 1. The summed E-state index contributed by atoms with van der Waals surface area (Å²) in [6, 6.07) is 20.9. The first-order chi connectivity index (χ1) is 13.2. The monoisotopic (exact) mass is 377 g/mol. The molecule has 1 N–H and O–H groups in total. The Morgan fingerprint density at radius 2 is 1.85 bits per heavy atom. The van der Waals surface area contributed by atoms with Crippen LogP contribution in [0, 0.1) is 11.3 Å². The maximum Gasteiger partial charge on any atom is 0.338 e. The minimum absolute atomic E-state index is 0.268. The number of nitrogens with zero attached hydrogens (tertiary/aromatic N) is 2. The van der Waals surface area contributed by atoms with Crippen LogP contribution >= 0.6 is 11.8 Å². The highest BCUT2D eigenvalue weighted by Gasteiger charge is 2.32. The number of nitrogens with one attached hydrogen (secondary N) is 1. The molecular weight excluding hydrogens is 358 g/mol. The quantitative estimate of drug-likeness (QED) is 0.800. The van der Waals surface area contributed by atoms with Gasteiger partial charge in [0, 0.05) is 0 Å². The van der Waals surface area contributed by atoms with Crippen LogP contribution in [0.3, 0.4) is 0 Å². The van der Waals surface area contributed by atoms with E-state index >= 15 is 0 Å². The summed E-state index contributed by atoms with van der Waals surface area (Å²) in [4.78, 5) is 17.5. The van der Waals surface area contributed by atoms with Crippen molar-refractivity contribution < 1.29 is 9.53 Å². The summed E-state index contributed by atoms with van der Waals surface area (Å²) in [5, 5.41) is 12.8. The Morgan fingerprint density at radius 3 is 2.48 bits per heavy atom. The fourth-order valence-corrected chi connectivity index (χ4v) is 3.39. The van der Waals surface area contributed by atoms with E-state index < -0.39 is 12.0 Å². The van der Waals surface area contributed by atoms with Crippen molar-refractivity contribution in [3.05, 3.63) is 77.4 Å². The number of hydrogen-bond donors (Lipinski definition) is 1. The first-order valence-corrected chi connectivity index (χ1v) is 9.59. The smallest absolute Gasteiger partial charge is 0.338 e. The second kappa shape index (κ2) is 9.06. The number of hydrogen-bond acceptors (Lipinski definition) is 6. The Kier molecular flexibility index (Phi) is 6.29. The molecule has 6 heteroatoms. The minimum Gasteiger partial charge on any atom is -0.463 e. The SMILES string of the molecule is CCOC(=O)C1=C(c2ccccc2)NC(SCC#N)=N[C@@H]1c1ccccc1. The van der Waals surface area contributed by atoms with Crippen molar-refractivity contribution in [2.75, 3.05) is 12.4 Å². The molecular formula is C21H19N3O2S. The number of thioether (sulfide) groups is 1. The largest absolute Gasteiger partial charge is 0.463 e. The zero-order valence-corrected chi connectivity index (χ0v) is 15.7. The van der Waals surface area contributed by atoms with Gasteiger partial charge < -0.3 is 10.1 Å². The van der Waals surface area contributed by atoms with Gasteiger partial charge in [-0.25, -0.2) is 9.79 Å². The molecule has 27 heavy (non-hydrogen) atoms. The van der Waals surface area contributed by atoms with E-state index in [-0.39, 0.29) is 12.4 Å². The number of carbonyl (C=O) groups excluding carboxylic acids is 1. The van der Waals surface area contributed by atoms with E-state index in [0.717, 1.165) is 11.1 Å². The number of amidine groups is 1. The minimum atomic E-state index is -0.497. The summed E-state index contributed by atoms with van der Waals surface area (Å²) in [6.45, 7) is 2.07. The molecule has 1 aliphatic rings. The predicted molar refractivity (Wildman–Crippen MR) is 108 cm³/mol. The van der Waals surface area contributed by atoms with Crippen LogP contribution in [0.15, 0.2) is 71.2 Å². The summed E-state index contributed by atoms with van der Waals surface area (Å²) in [5.41, 5.74) is 2.89. The number of ether oxygens (including phenoxy) is 1. The molecule has 136 valence electrons. The number of rotatable bonds is 5. The van der Waals surface area contributed by atoms with Gasteiger partial charge in [0.25, 0.3) is 0 Å². The van der Waals surface area contributed by atoms with Gasteiger partial charge in [0.1, 0.15) is 6.04 Å². The lowest BCUT2D eigenvalue weighted by Gasteiger charge is -2.27. The Labute approximate surface area is 162 Å². The van der Waals surface area contributed by atoms with Crippen LogP contribution in [0.1, 0.15) is 24.1 Å². The van der Waals surface area contributed by atoms with E-state index in [1.165, 1.54) is 11.8 Å². The van der Waals surface area contributed by atoms with Gasteiger partial charge in [-0.1, -0.05) is 72.4 Å². The van der Waals surface area contributed by atoms with E-state index in [2.05, 4.69) is 11.4 Å². The molecule has 0 aromatic heterocycles. The van der Waals surface area contributed by atoms with E-state index in [1.54, 1.807) is 6.92 Å². The van der Waals surface area contributed by atoms with Crippen molar-refractivity contribution in [3.63, 3.8) is 0 Å². The lowest BCUT2D eigenvalue weighted by molar-refractivity contribution is -0.138. The highest BCUT2D eigenvalue weighted by molar-refractivity contribution is 8.14. The second-order valence-electron chi connectivity index (χ2n) is 5.69. The molecule has 0 spiro atoms. The molecule has 2 aromatic carbocycles. The fraction of sp³-hybridized carbons (Fsp3) is 0.190. The van der Waals surface area contributed by atoms with Gasteiger partial charge in [-0.15, -0.1) is 0 Å². The van der Waals surface area contributed by atoms with E-state index in [9.17, 15) is 4.79 Å². The molecule has 0 fully saturated rings. The molecule has 0 saturated carbocycles. The molecule has 0 radical (unpaired) electrons. The third-order valence-electron chi connectivity index (χ3n) is 3.97. The first-order valence-electron chi connectivity index (χ1n) is 8.60. The summed E-state index contributed by atoms with van der Waals surface area (Å²) in [7, 11) is 0. The maximum atomic E-state index is 12.8. The van der Waals surface area contributed by atoms with Crippen molar-refractivity contribution in [1.29, 1.82) is 5.26 Å². The molecule has 0 saturated heterocycles. The average molecular weight is 377 g/mol. The maximum absolute atomic E-state index is 12.8. The summed E-state index contributed by atoms with van der Waals surface area (Å²) in [5.74, 6) is -0.129. The molecule has 0 bridgehead atoms. The van der Waals surface area contributed by atoms with Gasteiger partial charge >= 0.3 is 5.97 Å². The molecule has 2 aromatic rings. The predicted octanol–water partition coefficient (Wildman–Crippen LogP) is 3.92. The number of aliphatic imine (C=N–C) groups is 1. The summed E-state index contributed by atoms with van der Waals surface area (Å²) in [6.07, 6.45) is 0. The summed E-state index contributed by atoms with van der Waals surface area (Å²) >= 11 is 1.31. The van der Waals surface area contributed by atoms with E-state index in [0.29, 0.717) is 16.4 Å². The topological polar surface area (TPSA) is 74.5 Å². The van der Waals surface area contributed by atoms with Gasteiger partial charge in [0.05, 0.1) is 29.7 Å². The Balaban J connectivity index is 2.15. The van der Waals surface area contributed by atoms with Gasteiger partial charge in [-0.2, -0.15) is 5.26 Å². The van der Waals surface area contributed by atoms with Crippen LogP contribution in [0.4, 0.5) is 0 Å². The second-order valence-corrected chi connectivity index (χ2v) is 6.66. The number of carbonyl (C=O) groups is 1. The van der Waals surface area contributed by atoms with Gasteiger partial charge in [0.15, 0.2) is 5.17 Å². The van der Waals surface area contributed by atoms with Gasteiger partial charge in [-0.3, -0.25) is 0 Å². The zero-order valence-electron chi connectivity index (χ0n) is 14.9. The zero-order chi connectivity index (χ0) is 19.1. The van der Waals surface area contributed by atoms with Crippen molar-refractivity contribution >= 4 is 28.6 Å². The molecule has 1 atom stereocenters. The van der Waals surface area contributed by atoms with Gasteiger partial charge in [-0.05, 0) is 18.1 Å². The number of nitriles is 1. The average Bonchev–Trinajstić information content (AvgIpc) is 2.73. The highest BCUT2D eigenvalue weighted by Crippen LogP contribution is 2.36. The standard InChI is InChI=1S/C21H19N3O2S/c1-2-26-20(25)17-18(15-9-5-3-6-10-15)23-21(27-14-13-22)24-19(17)16-11-7-4-8-12-16/h3-12,18H,2,14H2,1H3,(H,23,24)/t18-/m1/s1. The normalized spacial score (nSPS) is 16.1. The Morgan fingerprint density at radius 1 is 1.19 bits per heavy atom. The van der Waals surface area contributed by atoms with Crippen LogP contribution in [0.5, 0.6) is 0 Å². The van der Waals surface area contributed by atoms with E-state index in [4.69, 9.17) is 15.0 Å². The van der Waals surface area contributed by atoms with Crippen molar-refractivity contribution in [2.45, 2.75) is 13.0 Å². The third-order valence-corrected chi connectivity index (χ3v) is 4.72. The van der Waals surface area contributed by atoms with Crippen molar-refractivity contribution in [2.24, 2.45) is 4.99 Å². The van der Waals surface area contributed by atoms with Crippen LogP contribution in [-0.2, 0) is 9.53 Å². The van der Waals surface area contributed by atoms with Crippen molar-refractivity contribution in [3.8, 4) is 6.07 Å². The van der Waals surface area contributed by atoms with Crippen LogP contribution in [-0.4, -0.2) is 23.5 Å². The molecule has 0 amide bonds. The Bertz CT molecular complexity index is 902. The van der Waals surface area contributed by atoms with E-state index in [1.807, 2.05) is 60.7 Å². The molecule has 3 rings (SSSR count).